The molecular weight excluding hydrogens is 396 g/mol. The van der Waals surface area contributed by atoms with Gasteiger partial charge in [-0.3, -0.25) is 0 Å². The fraction of sp³-hybridized carbons (Fsp3) is 0.480. The van der Waals surface area contributed by atoms with E-state index in [0.29, 0.717) is 18.6 Å². The number of carbonyl (C=O) groups excluding carboxylic acids is 1. The maximum Gasteiger partial charge on any atom is 0.338 e. The van der Waals surface area contributed by atoms with Crippen LogP contribution in [0.3, 0.4) is 0 Å². The van der Waals surface area contributed by atoms with Crippen LogP contribution in [0.2, 0.25) is 0 Å². The lowest BCUT2D eigenvalue weighted by Gasteiger charge is -2.21. The van der Waals surface area contributed by atoms with E-state index in [4.69, 9.17) is 14.2 Å². The van der Waals surface area contributed by atoms with Crippen LogP contribution < -0.4 is 0 Å². The van der Waals surface area contributed by atoms with Crippen molar-refractivity contribution in [2.75, 3.05) is 0 Å². The number of hydrogen-bond donors (Lipinski definition) is 2. The topological polar surface area (TPSA) is 85.2 Å². The minimum Gasteiger partial charge on any atom is -0.459 e. The van der Waals surface area contributed by atoms with E-state index in [2.05, 4.69) is 0 Å². The normalized spacial score (nSPS) is 24.1. The molecule has 1 aliphatic heterocycles. The molecule has 0 saturated carbocycles. The van der Waals surface area contributed by atoms with Gasteiger partial charge >= 0.3 is 5.97 Å². The first-order valence-corrected chi connectivity index (χ1v) is 11.0. The highest BCUT2D eigenvalue weighted by Crippen LogP contribution is 2.27. The predicted molar refractivity (Wildman–Crippen MR) is 116 cm³/mol. The van der Waals surface area contributed by atoms with E-state index in [-0.39, 0.29) is 18.2 Å². The lowest BCUT2D eigenvalue weighted by Crippen LogP contribution is -2.35. The number of benzene rings is 2. The van der Waals surface area contributed by atoms with Crippen LogP contribution in [-0.2, 0) is 20.8 Å². The maximum atomic E-state index is 12.1. The number of esters is 1. The van der Waals surface area contributed by atoms with Crippen molar-refractivity contribution in [1.82, 2.24) is 0 Å². The standard InChI is InChI=1S/C25H32O6/c1-18(30-24(27)20-14-8-4-9-15-20)11-5-2-10-16-21-23(22(26)25(28)31-21)29-17-19-12-6-3-7-13-19/h3-4,6-9,12-15,18,21-23,25-26,28H,2,5,10-11,16-17H2,1H3/t18-,21-,22-,23+,25+/m1/s1. The van der Waals surface area contributed by atoms with E-state index in [1.807, 2.05) is 55.5 Å². The third kappa shape index (κ3) is 7.14. The summed E-state index contributed by atoms with van der Waals surface area (Å²) in [7, 11) is 0. The minimum absolute atomic E-state index is 0.152. The smallest absolute Gasteiger partial charge is 0.338 e. The number of ether oxygens (including phenoxy) is 3. The molecule has 6 heteroatoms. The predicted octanol–water partition coefficient (Wildman–Crippen LogP) is 3.85. The van der Waals surface area contributed by atoms with Gasteiger partial charge in [-0.15, -0.1) is 0 Å². The number of carbonyl (C=O) groups is 1. The van der Waals surface area contributed by atoms with Crippen LogP contribution in [0, 0.1) is 0 Å². The quantitative estimate of drug-likeness (QED) is 0.418. The zero-order valence-corrected chi connectivity index (χ0v) is 17.9. The molecular formula is C25H32O6. The highest BCUT2D eigenvalue weighted by atomic mass is 16.7. The molecule has 1 heterocycles. The van der Waals surface area contributed by atoms with Crippen LogP contribution in [-0.4, -0.2) is 46.9 Å². The van der Waals surface area contributed by atoms with E-state index in [1.54, 1.807) is 12.1 Å². The highest BCUT2D eigenvalue weighted by molar-refractivity contribution is 5.89. The number of rotatable bonds is 11. The van der Waals surface area contributed by atoms with Crippen molar-refractivity contribution in [3.8, 4) is 0 Å². The Morgan fingerprint density at radius 1 is 1.00 bits per heavy atom. The van der Waals surface area contributed by atoms with E-state index in [9.17, 15) is 15.0 Å². The van der Waals surface area contributed by atoms with Crippen LogP contribution in [0.15, 0.2) is 60.7 Å². The van der Waals surface area contributed by atoms with Gasteiger partial charge in [0.15, 0.2) is 6.29 Å². The second kappa shape index (κ2) is 12.0. The lowest BCUT2D eigenvalue weighted by atomic mass is 10.0. The van der Waals surface area contributed by atoms with Crippen LogP contribution in [0.4, 0.5) is 0 Å². The molecule has 1 fully saturated rings. The molecule has 2 aromatic rings. The van der Waals surface area contributed by atoms with Crippen LogP contribution >= 0.6 is 0 Å². The van der Waals surface area contributed by atoms with Gasteiger partial charge in [0.25, 0.3) is 0 Å². The monoisotopic (exact) mass is 428 g/mol. The zero-order chi connectivity index (χ0) is 22.1. The first-order chi connectivity index (χ1) is 15.0. The number of aliphatic hydroxyl groups excluding tert-OH is 2. The van der Waals surface area contributed by atoms with Crippen molar-refractivity contribution in [1.29, 1.82) is 0 Å². The Morgan fingerprint density at radius 3 is 2.39 bits per heavy atom. The van der Waals surface area contributed by atoms with Crippen LogP contribution in [0.1, 0.15) is 54.9 Å². The zero-order valence-electron chi connectivity index (χ0n) is 17.9. The molecule has 31 heavy (non-hydrogen) atoms. The molecule has 0 spiro atoms. The van der Waals surface area contributed by atoms with E-state index in [1.165, 1.54) is 0 Å². The summed E-state index contributed by atoms with van der Waals surface area (Å²) in [5, 5.41) is 20.1. The molecule has 0 bridgehead atoms. The highest BCUT2D eigenvalue weighted by Gasteiger charge is 2.43. The molecule has 0 radical (unpaired) electrons. The summed E-state index contributed by atoms with van der Waals surface area (Å²) in [5.41, 5.74) is 1.57. The molecule has 168 valence electrons. The average Bonchev–Trinajstić information content (AvgIpc) is 3.06. The minimum atomic E-state index is -1.22. The molecule has 2 aromatic carbocycles. The first kappa shape index (κ1) is 23.4. The number of aliphatic hydroxyl groups is 2. The molecule has 6 nitrogen and oxygen atoms in total. The van der Waals surface area contributed by atoms with Crippen molar-refractivity contribution >= 4 is 5.97 Å². The summed E-state index contributed by atoms with van der Waals surface area (Å²) in [6.45, 7) is 2.26. The number of hydrogen-bond acceptors (Lipinski definition) is 6. The maximum absolute atomic E-state index is 12.1. The second-order valence-electron chi connectivity index (χ2n) is 8.04. The molecule has 0 unspecified atom stereocenters. The Hall–Kier alpha value is -2.25. The van der Waals surface area contributed by atoms with Crippen LogP contribution in [0.5, 0.6) is 0 Å². The van der Waals surface area contributed by atoms with Crippen molar-refractivity contribution < 1.29 is 29.2 Å². The Morgan fingerprint density at radius 2 is 1.68 bits per heavy atom. The Bertz CT molecular complexity index is 781. The number of unbranched alkanes of at least 4 members (excludes halogenated alkanes) is 2. The van der Waals surface area contributed by atoms with Crippen molar-refractivity contribution in [3.63, 3.8) is 0 Å². The van der Waals surface area contributed by atoms with Gasteiger partial charge in [-0.05, 0) is 43.9 Å². The van der Waals surface area contributed by atoms with Gasteiger partial charge in [-0.25, -0.2) is 4.79 Å². The van der Waals surface area contributed by atoms with Crippen molar-refractivity contribution in [3.05, 3.63) is 71.8 Å². The van der Waals surface area contributed by atoms with Crippen molar-refractivity contribution in [2.24, 2.45) is 0 Å². The van der Waals surface area contributed by atoms with Gasteiger partial charge in [0.05, 0.1) is 24.4 Å². The fourth-order valence-electron chi connectivity index (χ4n) is 3.76. The van der Waals surface area contributed by atoms with Gasteiger partial charge in [0.1, 0.15) is 12.2 Å². The Labute approximate surface area is 183 Å². The molecule has 5 atom stereocenters. The van der Waals surface area contributed by atoms with Crippen molar-refractivity contribution in [2.45, 2.75) is 76.3 Å². The summed E-state index contributed by atoms with van der Waals surface area (Å²) in [6, 6.07) is 18.7. The average molecular weight is 429 g/mol. The SMILES string of the molecule is C[C@H](CCCCC[C@H]1O[C@H](O)[C@H](O)[C@H]1OCc1ccccc1)OC(=O)c1ccccc1. The summed E-state index contributed by atoms with van der Waals surface area (Å²) >= 11 is 0. The van der Waals surface area contributed by atoms with Gasteiger partial charge in [-0.1, -0.05) is 61.4 Å². The molecule has 0 aliphatic carbocycles. The third-order valence-corrected chi connectivity index (χ3v) is 5.51. The van der Waals surface area contributed by atoms with Gasteiger partial charge in [0, 0.05) is 0 Å². The summed E-state index contributed by atoms with van der Waals surface area (Å²) in [4.78, 5) is 12.1. The van der Waals surface area contributed by atoms with Gasteiger partial charge in [-0.2, -0.15) is 0 Å². The van der Waals surface area contributed by atoms with E-state index < -0.39 is 18.5 Å². The molecule has 0 aromatic heterocycles. The molecule has 0 amide bonds. The first-order valence-electron chi connectivity index (χ1n) is 11.0. The largest absolute Gasteiger partial charge is 0.459 e. The summed E-state index contributed by atoms with van der Waals surface area (Å²) in [6.07, 6.45) is 0.865. The third-order valence-electron chi connectivity index (χ3n) is 5.51. The second-order valence-corrected chi connectivity index (χ2v) is 8.04. The van der Waals surface area contributed by atoms with Gasteiger partial charge in [0.2, 0.25) is 0 Å². The molecule has 3 rings (SSSR count). The Balaban J connectivity index is 1.35. The molecule has 2 N–H and O–H groups in total. The van der Waals surface area contributed by atoms with Gasteiger partial charge < -0.3 is 24.4 Å². The fourth-order valence-corrected chi connectivity index (χ4v) is 3.76. The Kier molecular flexibility index (Phi) is 9.03. The van der Waals surface area contributed by atoms with Crippen LogP contribution in [0.25, 0.3) is 0 Å². The van der Waals surface area contributed by atoms with E-state index in [0.717, 1.165) is 31.2 Å². The summed E-state index contributed by atoms with van der Waals surface area (Å²) < 4.78 is 16.9. The lowest BCUT2D eigenvalue weighted by molar-refractivity contribution is -0.128. The summed E-state index contributed by atoms with van der Waals surface area (Å²) in [5.74, 6) is -0.297. The molecule has 1 aliphatic rings. The molecule has 1 saturated heterocycles. The van der Waals surface area contributed by atoms with E-state index >= 15 is 0 Å².